The van der Waals surface area contributed by atoms with E-state index in [0.29, 0.717) is 43.4 Å². The highest BCUT2D eigenvalue weighted by Gasteiger charge is 2.29. The topological polar surface area (TPSA) is 125 Å². The standard InChI is InChI=1S/C20H23N5O4/c1-11-3-2-4-13(7-11)22-18-17-12(9-21-19(17)26)8-16(25-18)23-14-5-6-29-10-15(14)24-20(27)28/h2-4,7-8,14-15,24H,5-6,9-10H2,1H3,(H,21,26)(H,27,28)(H2,22,23,25)/t14-,15+/m1/s1. The second-order valence-electron chi connectivity index (χ2n) is 7.24. The van der Waals surface area contributed by atoms with Crippen molar-refractivity contribution in [2.75, 3.05) is 23.8 Å². The van der Waals surface area contributed by atoms with E-state index in [1.807, 2.05) is 37.3 Å². The molecule has 1 aromatic carbocycles. The van der Waals surface area contributed by atoms with Crippen LogP contribution in [0.15, 0.2) is 30.3 Å². The van der Waals surface area contributed by atoms with Crippen LogP contribution < -0.4 is 21.3 Å². The van der Waals surface area contributed by atoms with E-state index >= 15 is 0 Å². The van der Waals surface area contributed by atoms with Crippen molar-refractivity contribution in [2.45, 2.75) is 32.0 Å². The van der Waals surface area contributed by atoms with E-state index in [2.05, 4.69) is 26.3 Å². The third-order valence-electron chi connectivity index (χ3n) is 5.05. The van der Waals surface area contributed by atoms with Gasteiger partial charge in [0.05, 0.1) is 24.3 Å². The molecule has 2 amide bonds. The molecule has 9 nitrogen and oxygen atoms in total. The van der Waals surface area contributed by atoms with E-state index in [1.54, 1.807) is 0 Å². The number of anilines is 3. The van der Waals surface area contributed by atoms with Gasteiger partial charge < -0.3 is 31.1 Å². The van der Waals surface area contributed by atoms with Gasteiger partial charge in [-0.3, -0.25) is 4.79 Å². The number of amides is 2. The molecule has 0 spiro atoms. The van der Waals surface area contributed by atoms with Gasteiger partial charge in [-0.1, -0.05) is 12.1 Å². The third-order valence-corrected chi connectivity index (χ3v) is 5.05. The fourth-order valence-corrected chi connectivity index (χ4v) is 3.68. The number of ether oxygens (including phenoxy) is 1. The molecule has 5 N–H and O–H groups in total. The van der Waals surface area contributed by atoms with E-state index in [9.17, 15) is 9.59 Å². The van der Waals surface area contributed by atoms with Crippen LogP contribution in [0.5, 0.6) is 0 Å². The summed E-state index contributed by atoms with van der Waals surface area (Å²) in [7, 11) is 0. The molecule has 1 saturated heterocycles. The van der Waals surface area contributed by atoms with E-state index in [0.717, 1.165) is 16.8 Å². The summed E-state index contributed by atoms with van der Waals surface area (Å²) in [4.78, 5) is 28.0. The fraction of sp³-hybridized carbons (Fsp3) is 0.350. The quantitative estimate of drug-likeness (QED) is 0.524. The van der Waals surface area contributed by atoms with Gasteiger partial charge in [0.25, 0.3) is 5.91 Å². The SMILES string of the molecule is Cc1cccc(Nc2nc(N[C@@H]3CCOC[C@@H]3NC(=O)O)cc3c2C(=O)NC3)c1. The summed E-state index contributed by atoms with van der Waals surface area (Å²) in [5, 5.41) is 21.0. The number of aromatic nitrogens is 1. The number of nitrogens with one attached hydrogen (secondary N) is 4. The normalized spacial score (nSPS) is 20.5. The van der Waals surface area contributed by atoms with Crippen LogP contribution in [0.1, 0.15) is 27.9 Å². The van der Waals surface area contributed by atoms with Crippen LogP contribution in [0.25, 0.3) is 0 Å². The van der Waals surface area contributed by atoms with Gasteiger partial charge in [0.2, 0.25) is 0 Å². The number of nitrogens with zero attached hydrogens (tertiary/aromatic N) is 1. The number of carbonyl (C=O) groups is 2. The summed E-state index contributed by atoms with van der Waals surface area (Å²) < 4.78 is 5.40. The van der Waals surface area contributed by atoms with Crippen LogP contribution >= 0.6 is 0 Å². The predicted octanol–water partition coefficient (Wildman–Crippen LogP) is 2.21. The Morgan fingerprint density at radius 1 is 1.31 bits per heavy atom. The van der Waals surface area contributed by atoms with Crippen molar-refractivity contribution in [2.24, 2.45) is 0 Å². The predicted molar refractivity (Wildman–Crippen MR) is 108 cm³/mol. The lowest BCUT2D eigenvalue weighted by Crippen LogP contribution is -2.52. The minimum absolute atomic E-state index is 0.161. The largest absolute Gasteiger partial charge is 0.465 e. The molecular weight excluding hydrogens is 374 g/mol. The lowest BCUT2D eigenvalue weighted by atomic mass is 10.0. The Morgan fingerprint density at radius 3 is 2.97 bits per heavy atom. The molecule has 1 fully saturated rings. The molecule has 4 rings (SSSR count). The number of carboxylic acid groups (broad SMARTS) is 1. The molecule has 0 unspecified atom stereocenters. The van der Waals surface area contributed by atoms with Gasteiger partial charge in [0.15, 0.2) is 0 Å². The molecule has 0 aliphatic carbocycles. The molecule has 2 atom stereocenters. The summed E-state index contributed by atoms with van der Waals surface area (Å²) >= 11 is 0. The Hall–Kier alpha value is -3.33. The van der Waals surface area contributed by atoms with Gasteiger partial charge in [0, 0.05) is 18.8 Å². The zero-order valence-electron chi connectivity index (χ0n) is 16.0. The molecule has 2 aliphatic rings. The maximum atomic E-state index is 12.3. The Balaban J connectivity index is 1.62. The van der Waals surface area contributed by atoms with Crippen molar-refractivity contribution in [1.29, 1.82) is 0 Å². The third kappa shape index (κ3) is 4.24. The van der Waals surface area contributed by atoms with E-state index < -0.39 is 6.09 Å². The monoisotopic (exact) mass is 397 g/mol. The molecular formula is C20H23N5O4. The highest BCUT2D eigenvalue weighted by atomic mass is 16.5. The van der Waals surface area contributed by atoms with Gasteiger partial charge in [-0.05, 0) is 42.7 Å². The van der Waals surface area contributed by atoms with Crippen molar-refractivity contribution in [3.63, 3.8) is 0 Å². The van der Waals surface area contributed by atoms with Crippen molar-refractivity contribution in [3.05, 3.63) is 47.0 Å². The fourth-order valence-electron chi connectivity index (χ4n) is 3.68. The first-order valence-electron chi connectivity index (χ1n) is 9.49. The molecule has 9 heteroatoms. The second-order valence-corrected chi connectivity index (χ2v) is 7.24. The zero-order chi connectivity index (χ0) is 20.4. The molecule has 2 aromatic rings. The average molecular weight is 397 g/mol. The van der Waals surface area contributed by atoms with E-state index in [1.165, 1.54) is 0 Å². The van der Waals surface area contributed by atoms with Crippen LogP contribution in [0.4, 0.5) is 22.1 Å². The van der Waals surface area contributed by atoms with Crippen molar-refractivity contribution in [1.82, 2.24) is 15.6 Å². The summed E-state index contributed by atoms with van der Waals surface area (Å²) in [6.07, 6.45) is -0.451. The Bertz CT molecular complexity index is 948. The van der Waals surface area contributed by atoms with Crippen molar-refractivity contribution < 1.29 is 19.4 Å². The number of carbonyl (C=O) groups excluding carboxylic acids is 1. The summed E-state index contributed by atoms with van der Waals surface area (Å²) in [5.41, 5.74) is 3.31. The Morgan fingerprint density at radius 2 is 2.17 bits per heavy atom. The molecule has 3 heterocycles. The molecule has 152 valence electrons. The first kappa shape index (κ1) is 19.0. The number of benzene rings is 1. The number of fused-ring (bicyclic) bond motifs is 1. The summed E-state index contributed by atoms with van der Waals surface area (Å²) in [5.74, 6) is 0.894. The maximum absolute atomic E-state index is 12.3. The molecule has 0 radical (unpaired) electrons. The van der Waals surface area contributed by atoms with Crippen LogP contribution in [0.2, 0.25) is 0 Å². The van der Waals surface area contributed by atoms with Crippen LogP contribution in [0, 0.1) is 6.92 Å². The number of hydrogen-bond donors (Lipinski definition) is 5. The molecule has 29 heavy (non-hydrogen) atoms. The van der Waals surface area contributed by atoms with E-state index in [-0.39, 0.29) is 18.0 Å². The highest BCUT2D eigenvalue weighted by Crippen LogP contribution is 2.29. The number of rotatable bonds is 5. The van der Waals surface area contributed by atoms with Crippen LogP contribution in [-0.4, -0.2) is 47.4 Å². The lowest BCUT2D eigenvalue weighted by molar-refractivity contribution is 0.0625. The van der Waals surface area contributed by atoms with Crippen LogP contribution in [-0.2, 0) is 11.3 Å². The highest BCUT2D eigenvalue weighted by molar-refractivity contribution is 6.03. The number of pyridine rings is 1. The molecule has 2 aliphatic heterocycles. The van der Waals surface area contributed by atoms with Gasteiger partial charge >= 0.3 is 6.09 Å². The zero-order valence-corrected chi connectivity index (χ0v) is 16.0. The smallest absolute Gasteiger partial charge is 0.405 e. The van der Waals surface area contributed by atoms with Gasteiger partial charge in [-0.2, -0.15) is 0 Å². The first-order chi connectivity index (χ1) is 14.0. The molecule has 0 bridgehead atoms. The summed E-state index contributed by atoms with van der Waals surface area (Å²) in [6, 6.07) is 9.11. The summed E-state index contributed by atoms with van der Waals surface area (Å²) in [6.45, 7) is 3.26. The first-order valence-corrected chi connectivity index (χ1v) is 9.49. The molecule has 0 saturated carbocycles. The Labute approximate surface area is 167 Å². The Kier molecular flexibility index (Phi) is 5.22. The lowest BCUT2D eigenvalue weighted by Gasteiger charge is -2.32. The van der Waals surface area contributed by atoms with Crippen molar-refractivity contribution in [3.8, 4) is 0 Å². The number of hydrogen-bond acceptors (Lipinski definition) is 6. The van der Waals surface area contributed by atoms with Gasteiger partial charge in [-0.15, -0.1) is 0 Å². The average Bonchev–Trinajstić information content (AvgIpc) is 3.04. The van der Waals surface area contributed by atoms with Gasteiger partial charge in [-0.25, -0.2) is 9.78 Å². The molecule has 1 aromatic heterocycles. The van der Waals surface area contributed by atoms with Crippen molar-refractivity contribution >= 4 is 29.3 Å². The second kappa shape index (κ2) is 7.96. The minimum Gasteiger partial charge on any atom is -0.465 e. The maximum Gasteiger partial charge on any atom is 0.405 e. The minimum atomic E-state index is -1.09. The van der Waals surface area contributed by atoms with E-state index in [4.69, 9.17) is 9.84 Å². The van der Waals surface area contributed by atoms with Crippen LogP contribution in [0.3, 0.4) is 0 Å². The number of aryl methyl sites for hydroxylation is 1. The van der Waals surface area contributed by atoms with Gasteiger partial charge in [0.1, 0.15) is 11.6 Å².